The molecule has 0 aliphatic carbocycles. The quantitative estimate of drug-likeness (QED) is 0.851. The molecule has 1 aliphatic heterocycles. The van der Waals surface area contributed by atoms with E-state index >= 15 is 0 Å². The molecule has 0 bridgehead atoms. The van der Waals surface area contributed by atoms with Gasteiger partial charge in [0.25, 0.3) is 0 Å². The average Bonchev–Trinajstić information content (AvgIpc) is 2.90. The first-order chi connectivity index (χ1) is 10.6. The summed E-state index contributed by atoms with van der Waals surface area (Å²) in [6.45, 7) is 5.64. The molecule has 118 valence electrons. The highest BCUT2D eigenvalue weighted by Crippen LogP contribution is 2.25. The number of hydrogen-bond acceptors (Lipinski definition) is 2. The summed E-state index contributed by atoms with van der Waals surface area (Å²) in [4.78, 5) is 6.56. The number of nitrogens with zero attached hydrogens (tertiary/aromatic N) is 3. The highest BCUT2D eigenvalue weighted by atomic mass is 35.5. The first-order valence-electron chi connectivity index (χ1n) is 7.76. The molecule has 0 amide bonds. The normalized spacial score (nSPS) is 17.0. The monoisotopic (exact) mass is 321 g/mol. The number of piperidine rings is 1. The lowest BCUT2D eigenvalue weighted by atomic mass is 9.96. The summed E-state index contributed by atoms with van der Waals surface area (Å²) in [5.41, 5.74) is 0.619. The Kier molecular flexibility index (Phi) is 4.79. The summed E-state index contributed by atoms with van der Waals surface area (Å²) in [6.07, 6.45) is 6.15. The molecular formula is C17H21ClFN3. The second-order valence-corrected chi connectivity index (χ2v) is 6.45. The molecule has 1 aromatic heterocycles. The van der Waals surface area contributed by atoms with Crippen molar-refractivity contribution in [2.24, 2.45) is 5.92 Å². The van der Waals surface area contributed by atoms with E-state index in [1.807, 2.05) is 19.3 Å². The molecule has 0 unspecified atom stereocenters. The zero-order valence-corrected chi connectivity index (χ0v) is 13.6. The number of likely N-dealkylation sites (tertiary alicyclic amines) is 1. The van der Waals surface area contributed by atoms with E-state index < -0.39 is 0 Å². The van der Waals surface area contributed by atoms with E-state index in [4.69, 9.17) is 11.6 Å². The van der Waals surface area contributed by atoms with Gasteiger partial charge in [-0.1, -0.05) is 17.7 Å². The van der Waals surface area contributed by atoms with Crippen LogP contribution in [0.5, 0.6) is 0 Å². The van der Waals surface area contributed by atoms with Crippen LogP contribution in [0.3, 0.4) is 0 Å². The largest absolute Gasteiger partial charge is 0.335 e. The summed E-state index contributed by atoms with van der Waals surface area (Å²) in [5.74, 6) is 1.53. The standard InChI is InChI=1S/C17H21ClFN3/c1-13-20-7-10-22(13)11-14-5-8-21(9-6-14)12-15-16(18)3-2-4-17(15)19/h2-4,7,10,14H,5-6,8-9,11-12H2,1H3. The number of aromatic nitrogens is 2. The Morgan fingerprint density at radius 2 is 2.09 bits per heavy atom. The fourth-order valence-electron chi connectivity index (χ4n) is 3.11. The zero-order valence-electron chi connectivity index (χ0n) is 12.8. The van der Waals surface area contributed by atoms with Crippen molar-refractivity contribution in [1.82, 2.24) is 14.5 Å². The van der Waals surface area contributed by atoms with Gasteiger partial charge >= 0.3 is 0 Å². The van der Waals surface area contributed by atoms with Gasteiger partial charge in [0, 0.05) is 36.1 Å². The SMILES string of the molecule is Cc1nccn1CC1CCN(Cc2c(F)cccc2Cl)CC1. The number of benzene rings is 1. The molecule has 2 aromatic rings. The maximum atomic E-state index is 13.9. The molecule has 3 nitrogen and oxygen atoms in total. The summed E-state index contributed by atoms with van der Waals surface area (Å²) in [7, 11) is 0. The van der Waals surface area contributed by atoms with E-state index in [2.05, 4.69) is 14.5 Å². The molecule has 0 spiro atoms. The third-order valence-electron chi connectivity index (χ3n) is 4.53. The Hall–Kier alpha value is -1.39. The molecule has 1 fully saturated rings. The Labute approximate surface area is 135 Å². The molecule has 5 heteroatoms. The van der Waals surface area contributed by atoms with Gasteiger partial charge in [-0.2, -0.15) is 0 Å². The van der Waals surface area contributed by atoms with Crippen LogP contribution < -0.4 is 0 Å². The van der Waals surface area contributed by atoms with Crippen LogP contribution in [-0.2, 0) is 13.1 Å². The van der Waals surface area contributed by atoms with E-state index in [-0.39, 0.29) is 5.82 Å². The third kappa shape index (κ3) is 3.50. The van der Waals surface area contributed by atoms with Crippen molar-refractivity contribution in [3.63, 3.8) is 0 Å². The van der Waals surface area contributed by atoms with Gasteiger partial charge < -0.3 is 4.57 Å². The number of imidazole rings is 1. The molecule has 2 heterocycles. The number of rotatable bonds is 4. The van der Waals surface area contributed by atoms with Crippen molar-refractivity contribution in [2.75, 3.05) is 13.1 Å². The first-order valence-corrected chi connectivity index (χ1v) is 8.14. The Morgan fingerprint density at radius 3 is 2.73 bits per heavy atom. The molecule has 22 heavy (non-hydrogen) atoms. The smallest absolute Gasteiger partial charge is 0.129 e. The highest BCUT2D eigenvalue weighted by molar-refractivity contribution is 6.31. The van der Waals surface area contributed by atoms with Crippen LogP contribution in [0.4, 0.5) is 4.39 Å². The van der Waals surface area contributed by atoms with Gasteiger partial charge in [0.1, 0.15) is 11.6 Å². The van der Waals surface area contributed by atoms with Crippen LogP contribution in [0.1, 0.15) is 24.2 Å². The molecule has 1 aromatic carbocycles. The lowest BCUT2D eigenvalue weighted by Gasteiger charge is -2.32. The van der Waals surface area contributed by atoms with Crippen LogP contribution in [0.2, 0.25) is 5.02 Å². The van der Waals surface area contributed by atoms with Crippen molar-refractivity contribution in [1.29, 1.82) is 0 Å². The van der Waals surface area contributed by atoms with Gasteiger partial charge in [-0.3, -0.25) is 4.90 Å². The topological polar surface area (TPSA) is 21.1 Å². The zero-order chi connectivity index (χ0) is 15.5. The second kappa shape index (κ2) is 6.80. The van der Waals surface area contributed by atoms with Gasteiger partial charge in [-0.25, -0.2) is 9.37 Å². The Balaban J connectivity index is 1.55. The maximum Gasteiger partial charge on any atom is 0.129 e. The van der Waals surface area contributed by atoms with Crippen LogP contribution in [-0.4, -0.2) is 27.5 Å². The van der Waals surface area contributed by atoms with Crippen LogP contribution in [0.25, 0.3) is 0 Å². The minimum absolute atomic E-state index is 0.205. The third-order valence-corrected chi connectivity index (χ3v) is 4.88. The van der Waals surface area contributed by atoms with Gasteiger partial charge in [0.15, 0.2) is 0 Å². The maximum absolute atomic E-state index is 13.9. The van der Waals surface area contributed by atoms with Crippen molar-refractivity contribution in [3.05, 3.63) is 52.8 Å². The van der Waals surface area contributed by atoms with Gasteiger partial charge in [0.05, 0.1) is 0 Å². The minimum Gasteiger partial charge on any atom is -0.335 e. The second-order valence-electron chi connectivity index (χ2n) is 6.05. The lowest BCUT2D eigenvalue weighted by Crippen LogP contribution is -2.34. The molecule has 1 aliphatic rings. The average molecular weight is 322 g/mol. The fourth-order valence-corrected chi connectivity index (χ4v) is 3.33. The molecular weight excluding hydrogens is 301 g/mol. The van der Waals surface area contributed by atoms with E-state index in [0.717, 1.165) is 38.3 Å². The first kappa shape index (κ1) is 15.5. The minimum atomic E-state index is -0.205. The highest BCUT2D eigenvalue weighted by Gasteiger charge is 2.21. The van der Waals surface area contributed by atoms with E-state index in [0.29, 0.717) is 23.0 Å². The number of aryl methyl sites for hydroxylation is 1. The molecule has 0 radical (unpaired) electrons. The molecule has 3 rings (SSSR count). The molecule has 0 saturated carbocycles. The van der Waals surface area contributed by atoms with E-state index in [9.17, 15) is 4.39 Å². The molecule has 0 N–H and O–H groups in total. The van der Waals surface area contributed by atoms with Crippen molar-refractivity contribution >= 4 is 11.6 Å². The van der Waals surface area contributed by atoms with Gasteiger partial charge in [0.2, 0.25) is 0 Å². The van der Waals surface area contributed by atoms with E-state index in [1.54, 1.807) is 12.1 Å². The summed E-state index contributed by atoms with van der Waals surface area (Å²) in [5, 5.41) is 0.524. The summed E-state index contributed by atoms with van der Waals surface area (Å²) < 4.78 is 16.1. The van der Waals surface area contributed by atoms with Crippen LogP contribution >= 0.6 is 11.6 Å². The summed E-state index contributed by atoms with van der Waals surface area (Å²) >= 11 is 6.11. The van der Waals surface area contributed by atoms with Gasteiger partial charge in [-0.15, -0.1) is 0 Å². The fraction of sp³-hybridized carbons (Fsp3) is 0.471. The predicted octanol–water partition coefficient (Wildman–Crippen LogP) is 3.90. The van der Waals surface area contributed by atoms with Crippen LogP contribution in [0.15, 0.2) is 30.6 Å². The predicted molar refractivity (Wildman–Crippen MR) is 86.4 cm³/mol. The lowest BCUT2D eigenvalue weighted by molar-refractivity contribution is 0.165. The van der Waals surface area contributed by atoms with Crippen LogP contribution in [0, 0.1) is 18.7 Å². The van der Waals surface area contributed by atoms with Crippen molar-refractivity contribution < 1.29 is 4.39 Å². The molecule has 0 atom stereocenters. The Bertz CT molecular complexity index is 612. The Morgan fingerprint density at radius 1 is 1.32 bits per heavy atom. The van der Waals surface area contributed by atoms with Gasteiger partial charge in [-0.05, 0) is 50.9 Å². The van der Waals surface area contributed by atoms with E-state index in [1.165, 1.54) is 6.07 Å². The van der Waals surface area contributed by atoms with Crippen molar-refractivity contribution in [3.8, 4) is 0 Å². The van der Waals surface area contributed by atoms with Crippen molar-refractivity contribution in [2.45, 2.75) is 32.9 Å². The number of halogens is 2. The molecule has 1 saturated heterocycles. The summed E-state index contributed by atoms with van der Waals surface area (Å²) in [6, 6.07) is 4.89. The number of hydrogen-bond donors (Lipinski definition) is 0.